The van der Waals surface area contributed by atoms with Crippen LogP contribution in [-0.2, 0) is 4.74 Å². The smallest absolute Gasteiger partial charge is 0.188 e. The Labute approximate surface area is 105 Å². The Morgan fingerprint density at radius 2 is 2.17 bits per heavy atom. The van der Waals surface area contributed by atoms with Crippen LogP contribution in [0.15, 0.2) is 12.1 Å². The van der Waals surface area contributed by atoms with Gasteiger partial charge in [-0.15, -0.1) is 0 Å². The normalized spacial score (nSPS) is 16.9. The Balaban J connectivity index is 2.39. The number of hydrogen-bond donors (Lipinski definition) is 1. The van der Waals surface area contributed by atoms with Crippen molar-refractivity contribution in [2.75, 3.05) is 13.9 Å². The molecule has 0 saturated heterocycles. The Bertz CT molecular complexity index is 479. The summed E-state index contributed by atoms with van der Waals surface area (Å²) in [6.45, 7) is 3.72. The fourth-order valence-electron chi connectivity index (χ4n) is 1.96. The number of phenols is 1. The molecular formula is C13H16O5. The molecule has 0 aromatic heterocycles. The Morgan fingerprint density at radius 3 is 2.83 bits per heavy atom. The lowest BCUT2D eigenvalue weighted by Gasteiger charge is -2.32. The van der Waals surface area contributed by atoms with E-state index in [1.54, 1.807) is 6.07 Å². The maximum Gasteiger partial charge on any atom is 0.188 e. The summed E-state index contributed by atoms with van der Waals surface area (Å²) in [5, 5.41) is 9.86. The minimum Gasteiger partial charge on any atom is -0.507 e. The van der Waals surface area contributed by atoms with E-state index in [2.05, 4.69) is 0 Å². The highest BCUT2D eigenvalue weighted by Crippen LogP contribution is 2.40. The van der Waals surface area contributed by atoms with E-state index in [1.807, 2.05) is 13.8 Å². The number of hydrogen-bond acceptors (Lipinski definition) is 5. The maximum absolute atomic E-state index is 11.9. The molecule has 1 aromatic rings. The lowest BCUT2D eigenvalue weighted by atomic mass is 9.92. The van der Waals surface area contributed by atoms with Gasteiger partial charge >= 0.3 is 0 Å². The predicted octanol–water partition coefficient (Wildman–Crippen LogP) is 2.12. The van der Waals surface area contributed by atoms with Gasteiger partial charge in [0.2, 0.25) is 0 Å². The number of carbonyl (C=O) groups is 1. The molecule has 0 saturated carbocycles. The standard InChI is InChI=1S/C13H16O5/c1-13(2)6-10(15)12-9(14)4-8(17-7-16-3)5-11(12)18-13/h4-5,14H,6-7H2,1-3H3. The van der Waals surface area contributed by atoms with Gasteiger partial charge in [-0.3, -0.25) is 4.79 Å². The van der Waals surface area contributed by atoms with Crippen molar-refractivity contribution in [3.05, 3.63) is 17.7 Å². The van der Waals surface area contributed by atoms with Crippen LogP contribution in [-0.4, -0.2) is 30.4 Å². The van der Waals surface area contributed by atoms with Gasteiger partial charge in [-0.25, -0.2) is 0 Å². The van der Waals surface area contributed by atoms with Crippen molar-refractivity contribution in [2.24, 2.45) is 0 Å². The van der Waals surface area contributed by atoms with Crippen LogP contribution in [0.2, 0.25) is 0 Å². The van der Waals surface area contributed by atoms with Crippen LogP contribution in [0.5, 0.6) is 17.2 Å². The third-order valence-electron chi connectivity index (χ3n) is 2.65. The number of fused-ring (bicyclic) bond motifs is 1. The third kappa shape index (κ3) is 2.41. The Hall–Kier alpha value is -1.75. The molecule has 0 amide bonds. The zero-order chi connectivity index (χ0) is 13.3. The topological polar surface area (TPSA) is 65.0 Å². The highest BCUT2D eigenvalue weighted by atomic mass is 16.7. The summed E-state index contributed by atoms with van der Waals surface area (Å²) in [5.41, 5.74) is -0.352. The van der Waals surface area contributed by atoms with Gasteiger partial charge in [-0.2, -0.15) is 0 Å². The van der Waals surface area contributed by atoms with Crippen molar-refractivity contribution < 1.29 is 24.1 Å². The van der Waals surface area contributed by atoms with Gasteiger partial charge in [-0.1, -0.05) is 0 Å². The second-order valence-corrected chi connectivity index (χ2v) is 4.83. The quantitative estimate of drug-likeness (QED) is 0.835. The van der Waals surface area contributed by atoms with Gasteiger partial charge in [-0.05, 0) is 13.8 Å². The molecule has 2 rings (SSSR count). The molecular weight excluding hydrogens is 236 g/mol. The molecule has 1 aliphatic heterocycles. The summed E-state index contributed by atoms with van der Waals surface area (Å²) in [5.74, 6) is 0.497. The van der Waals surface area contributed by atoms with Crippen molar-refractivity contribution in [2.45, 2.75) is 25.9 Å². The number of benzene rings is 1. The van der Waals surface area contributed by atoms with Gasteiger partial charge < -0.3 is 19.3 Å². The SMILES string of the molecule is COCOc1cc(O)c2c(c1)OC(C)(C)CC2=O. The summed E-state index contributed by atoms with van der Waals surface area (Å²) in [6.07, 6.45) is 0.242. The van der Waals surface area contributed by atoms with E-state index in [1.165, 1.54) is 13.2 Å². The zero-order valence-electron chi connectivity index (χ0n) is 10.6. The molecule has 0 spiro atoms. The van der Waals surface area contributed by atoms with Crippen molar-refractivity contribution in [1.82, 2.24) is 0 Å². The molecule has 0 atom stereocenters. The van der Waals surface area contributed by atoms with Crippen LogP contribution < -0.4 is 9.47 Å². The van der Waals surface area contributed by atoms with Gasteiger partial charge in [0.15, 0.2) is 12.6 Å². The van der Waals surface area contributed by atoms with Gasteiger partial charge in [0, 0.05) is 19.2 Å². The van der Waals surface area contributed by atoms with Gasteiger partial charge in [0.25, 0.3) is 0 Å². The van der Waals surface area contributed by atoms with E-state index in [0.717, 1.165) is 0 Å². The molecule has 0 fully saturated rings. The first-order valence-corrected chi connectivity index (χ1v) is 5.64. The second kappa shape index (κ2) is 4.49. The monoisotopic (exact) mass is 252 g/mol. The summed E-state index contributed by atoms with van der Waals surface area (Å²) < 4.78 is 15.7. The molecule has 18 heavy (non-hydrogen) atoms. The lowest BCUT2D eigenvalue weighted by molar-refractivity contribution is 0.0488. The number of phenolic OH excluding ortho intramolecular Hbond substituents is 1. The highest BCUT2D eigenvalue weighted by molar-refractivity contribution is 6.03. The Kier molecular flexibility index (Phi) is 3.17. The molecule has 0 bridgehead atoms. The average molecular weight is 252 g/mol. The van der Waals surface area contributed by atoms with Crippen molar-refractivity contribution >= 4 is 5.78 Å². The van der Waals surface area contributed by atoms with E-state index in [0.29, 0.717) is 11.5 Å². The van der Waals surface area contributed by atoms with E-state index in [4.69, 9.17) is 14.2 Å². The molecule has 0 aliphatic carbocycles. The molecule has 5 nitrogen and oxygen atoms in total. The summed E-state index contributed by atoms with van der Waals surface area (Å²) in [7, 11) is 1.50. The number of aromatic hydroxyl groups is 1. The first-order chi connectivity index (χ1) is 8.43. The average Bonchev–Trinajstić information content (AvgIpc) is 2.23. The van der Waals surface area contributed by atoms with E-state index >= 15 is 0 Å². The second-order valence-electron chi connectivity index (χ2n) is 4.83. The van der Waals surface area contributed by atoms with Crippen molar-refractivity contribution in [1.29, 1.82) is 0 Å². The van der Waals surface area contributed by atoms with Gasteiger partial charge in [0.1, 0.15) is 28.4 Å². The molecule has 0 radical (unpaired) electrons. The zero-order valence-corrected chi connectivity index (χ0v) is 10.6. The third-order valence-corrected chi connectivity index (χ3v) is 2.65. The number of Topliss-reactive ketones (excluding diaryl/α,β-unsaturated/α-hetero) is 1. The lowest BCUT2D eigenvalue weighted by Crippen LogP contribution is -2.35. The minimum atomic E-state index is -0.573. The van der Waals surface area contributed by atoms with Crippen LogP contribution in [0, 0.1) is 0 Å². The molecule has 0 unspecified atom stereocenters. The van der Waals surface area contributed by atoms with Crippen molar-refractivity contribution in [3.63, 3.8) is 0 Å². The number of carbonyl (C=O) groups excluding carboxylic acids is 1. The fraction of sp³-hybridized carbons (Fsp3) is 0.462. The molecule has 1 aliphatic rings. The Morgan fingerprint density at radius 1 is 1.44 bits per heavy atom. The first-order valence-electron chi connectivity index (χ1n) is 5.64. The summed E-state index contributed by atoms with van der Waals surface area (Å²) in [6, 6.07) is 2.98. The van der Waals surface area contributed by atoms with Crippen molar-refractivity contribution in [3.8, 4) is 17.2 Å². The fourth-order valence-corrected chi connectivity index (χ4v) is 1.96. The number of ether oxygens (including phenoxy) is 3. The number of ketones is 1. The molecule has 1 aromatic carbocycles. The number of rotatable bonds is 3. The maximum atomic E-state index is 11.9. The summed E-state index contributed by atoms with van der Waals surface area (Å²) >= 11 is 0. The van der Waals surface area contributed by atoms with Crippen LogP contribution in [0.1, 0.15) is 30.6 Å². The highest BCUT2D eigenvalue weighted by Gasteiger charge is 2.34. The van der Waals surface area contributed by atoms with Crippen LogP contribution in [0.25, 0.3) is 0 Å². The van der Waals surface area contributed by atoms with Crippen LogP contribution in [0.3, 0.4) is 0 Å². The number of methoxy groups -OCH3 is 1. The predicted molar refractivity (Wildman–Crippen MR) is 64.3 cm³/mol. The van der Waals surface area contributed by atoms with Crippen LogP contribution >= 0.6 is 0 Å². The summed E-state index contributed by atoms with van der Waals surface area (Å²) in [4.78, 5) is 11.9. The van der Waals surface area contributed by atoms with E-state index in [-0.39, 0.29) is 30.3 Å². The van der Waals surface area contributed by atoms with E-state index in [9.17, 15) is 9.90 Å². The minimum absolute atomic E-state index is 0.0650. The van der Waals surface area contributed by atoms with Gasteiger partial charge in [0.05, 0.1) is 6.42 Å². The molecule has 1 heterocycles. The van der Waals surface area contributed by atoms with Crippen LogP contribution in [0.4, 0.5) is 0 Å². The molecule has 5 heteroatoms. The molecule has 98 valence electrons. The largest absolute Gasteiger partial charge is 0.507 e. The molecule has 1 N–H and O–H groups in total. The first kappa shape index (κ1) is 12.7. The van der Waals surface area contributed by atoms with E-state index < -0.39 is 5.60 Å².